The Balaban J connectivity index is 1.42. The molecule has 1 amide bonds. The highest BCUT2D eigenvalue weighted by molar-refractivity contribution is 7.13. The molecule has 7 nitrogen and oxygen atoms in total. The van der Waals surface area contributed by atoms with Gasteiger partial charge in [0, 0.05) is 30.4 Å². The molecule has 4 rings (SSSR count). The van der Waals surface area contributed by atoms with Crippen LogP contribution in [-0.4, -0.2) is 37.0 Å². The zero-order chi connectivity index (χ0) is 21.8. The molecule has 0 bridgehead atoms. The van der Waals surface area contributed by atoms with Gasteiger partial charge in [-0.1, -0.05) is 12.1 Å². The Morgan fingerprint density at radius 2 is 2.10 bits per heavy atom. The number of aryl methyl sites for hydroxylation is 2. The predicted molar refractivity (Wildman–Crippen MR) is 123 cm³/mol. The van der Waals surface area contributed by atoms with E-state index in [0.717, 1.165) is 33.2 Å². The third-order valence-corrected chi connectivity index (χ3v) is 6.00. The molecule has 1 atom stereocenters. The number of hydrogen-bond donors (Lipinski definition) is 1. The van der Waals surface area contributed by atoms with Crippen LogP contribution in [-0.2, 0) is 11.3 Å². The highest BCUT2D eigenvalue weighted by Crippen LogP contribution is 2.33. The van der Waals surface area contributed by atoms with Gasteiger partial charge in [0.05, 0.1) is 40.7 Å². The first-order valence-corrected chi connectivity index (χ1v) is 11.2. The Labute approximate surface area is 185 Å². The van der Waals surface area contributed by atoms with E-state index in [9.17, 15) is 4.79 Å². The summed E-state index contributed by atoms with van der Waals surface area (Å²) in [6.45, 7) is 7.08. The van der Waals surface area contributed by atoms with Crippen molar-refractivity contribution in [1.82, 2.24) is 29.9 Å². The summed E-state index contributed by atoms with van der Waals surface area (Å²) in [6.07, 6.45) is 4.03. The number of aromatic nitrogens is 5. The van der Waals surface area contributed by atoms with Crippen molar-refractivity contribution in [2.45, 2.75) is 39.8 Å². The van der Waals surface area contributed by atoms with Crippen LogP contribution in [0.25, 0.3) is 21.8 Å². The van der Waals surface area contributed by atoms with Crippen molar-refractivity contribution in [2.24, 2.45) is 0 Å². The maximum Gasteiger partial charge on any atom is 0.222 e. The van der Waals surface area contributed by atoms with Crippen LogP contribution in [0, 0.1) is 13.8 Å². The average Bonchev–Trinajstić information content (AvgIpc) is 3.48. The van der Waals surface area contributed by atoms with Crippen molar-refractivity contribution in [2.75, 3.05) is 6.54 Å². The summed E-state index contributed by atoms with van der Waals surface area (Å²) in [6, 6.07) is 12.0. The molecular formula is C23H26N6OS. The fourth-order valence-corrected chi connectivity index (χ4v) is 4.55. The largest absolute Gasteiger partial charge is 0.354 e. The van der Waals surface area contributed by atoms with E-state index in [1.165, 1.54) is 0 Å². The van der Waals surface area contributed by atoms with E-state index in [4.69, 9.17) is 0 Å². The molecule has 8 heteroatoms. The lowest BCUT2D eigenvalue weighted by Gasteiger charge is -2.14. The molecule has 160 valence electrons. The highest BCUT2D eigenvalue weighted by atomic mass is 32.1. The van der Waals surface area contributed by atoms with Crippen molar-refractivity contribution >= 4 is 17.2 Å². The predicted octanol–water partition coefficient (Wildman–Crippen LogP) is 4.25. The average molecular weight is 435 g/mol. The Hall–Kier alpha value is -3.26. The zero-order valence-corrected chi connectivity index (χ0v) is 18.8. The number of nitrogens with one attached hydrogen (secondary N) is 1. The fourth-order valence-electron chi connectivity index (χ4n) is 3.76. The molecule has 1 unspecified atom stereocenters. The summed E-state index contributed by atoms with van der Waals surface area (Å²) in [7, 11) is 0. The molecular weight excluding hydrogens is 408 g/mol. The molecule has 0 spiro atoms. The second-order valence-electron chi connectivity index (χ2n) is 7.60. The Bertz CT molecular complexity index is 1150. The lowest BCUT2D eigenvalue weighted by atomic mass is 10.1. The summed E-state index contributed by atoms with van der Waals surface area (Å²) in [5.41, 5.74) is 4.94. The molecule has 4 aromatic heterocycles. The van der Waals surface area contributed by atoms with Gasteiger partial charge in [-0.15, -0.1) is 11.3 Å². The third kappa shape index (κ3) is 4.74. The van der Waals surface area contributed by atoms with Gasteiger partial charge in [0.1, 0.15) is 0 Å². The van der Waals surface area contributed by atoms with Crippen molar-refractivity contribution in [3.63, 3.8) is 0 Å². The number of hydrogen-bond acceptors (Lipinski definition) is 5. The number of pyridine rings is 1. The first-order chi connectivity index (χ1) is 15.0. The Morgan fingerprint density at radius 1 is 1.23 bits per heavy atom. The molecule has 4 heterocycles. The summed E-state index contributed by atoms with van der Waals surface area (Å²) in [5, 5.41) is 14.1. The van der Waals surface area contributed by atoms with E-state index in [1.54, 1.807) is 17.5 Å². The van der Waals surface area contributed by atoms with Gasteiger partial charge in [0.25, 0.3) is 0 Å². The van der Waals surface area contributed by atoms with Crippen LogP contribution >= 0.6 is 11.3 Å². The van der Waals surface area contributed by atoms with Gasteiger partial charge < -0.3 is 5.32 Å². The number of carbonyl (C=O) groups is 1. The topological polar surface area (TPSA) is 77.6 Å². The first-order valence-electron chi connectivity index (χ1n) is 10.3. The summed E-state index contributed by atoms with van der Waals surface area (Å²) in [4.78, 5) is 18.1. The zero-order valence-electron chi connectivity index (χ0n) is 17.9. The maximum atomic E-state index is 12.5. The minimum atomic E-state index is 0.00910. The van der Waals surface area contributed by atoms with Gasteiger partial charge in [-0.05, 0) is 50.4 Å². The van der Waals surface area contributed by atoms with E-state index >= 15 is 0 Å². The first kappa shape index (κ1) is 21.0. The van der Waals surface area contributed by atoms with Crippen LogP contribution in [0.2, 0.25) is 0 Å². The van der Waals surface area contributed by atoms with Crippen LogP contribution in [0.1, 0.15) is 30.8 Å². The molecule has 0 aliphatic carbocycles. The van der Waals surface area contributed by atoms with Crippen LogP contribution in [0.4, 0.5) is 0 Å². The van der Waals surface area contributed by atoms with E-state index in [2.05, 4.69) is 31.9 Å². The summed E-state index contributed by atoms with van der Waals surface area (Å²) >= 11 is 1.67. The minimum absolute atomic E-state index is 0.00910. The van der Waals surface area contributed by atoms with E-state index in [0.29, 0.717) is 19.5 Å². The smallest absolute Gasteiger partial charge is 0.222 e. The van der Waals surface area contributed by atoms with Crippen molar-refractivity contribution < 1.29 is 4.79 Å². The van der Waals surface area contributed by atoms with Crippen molar-refractivity contribution in [3.8, 4) is 21.8 Å². The number of rotatable bonds is 8. The van der Waals surface area contributed by atoms with Gasteiger partial charge in [0.15, 0.2) is 0 Å². The van der Waals surface area contributed by atoms with Crippen molar-refractivity contribution in [1.29, 1.82) is 0 Å². The van der Waals surface area contributed by atoms with Gasteiger partial charge in [-0.25, -0.2) is 0 Å². The lowest BCUT2D eigenvalue weighted by Crippen LogP contribution is -2.29. The molecule has 0 aliphatic rings. The molecule has 0 saturated carbocycles. The molecule has 0 saturated heterocycles. The lowest BCUT2D eigenvalue weighted by molar-refractivity contribution is -0.121. The number of nitrogens with zero attached hydrogens (tertiary/aromatic N) is 5. The third-order valence-electron chi connectivity index (χ3n) is 5.12. The quantitative estimate of drug-likeness (QED) is 0.450. The molecule has 0 aromatic carbocycles. The molecule has 4 aromatic rings. The standard InChI is InChI=1S/C23H26N6OS/c1-16-13-17(2)29(27-16)18(3)14-22(30)25-10-11-28-23(21-8-6-12-31-21)19(15-26-28)20-7-4-5-9-24-20/h4-9,12-13,15,18H,10-11,14H2,1-3H3,(H,25,30). The summed E-state index contributed by atoms with van der Waals surface area (Å²) < 4.78 is 3.86. The number of thiophene rings is 1. The van der Waals surface area contributed by atoms with E-state index in [-0.39, 0.29) is 11.9 Å². The van der Waals surface area contributed by atoms with Crippen molar-refractivity contribution in [3.05, 3.63) is 65.6 Å². The van der Waals surface area contributed by atoms with Crippen LogP contribution in [0.3, 0.4) is 0 Å². The maximum absolute atomic E-state index is 12.5. The second-order valence-corrected chi connectivity index (χ2v) is 8.54. The van der Waals surface area contributed by atoms with Gasteiger partial charge in [-0.3, -0.25) is 19.1 Å². The van der Waals surface area contributed by atoms with Crippen LogP contribution in [0.15, 0.2) is 54.2 Å². The van der Waals surface area contributed by atoms with Crippen LogP contribution in [0.5, 0.6) is 0 Å². The van der Waals surface area contributed by atoms with E-state index < -0.39 is 0 Å². The second kappa shape index (κ2) is 9.26. The van der Waals surface area contributed by atoms with Crippen LogP contribution < -0.4 is 5.32 Å². The van der Waals surface area contributed by atoms with Gasteiger partial charge in [0.2, 0.25) is 5.91 Å². The molecule has 0 aliphatic heterocycles. The van der Waals surface area contributed by atoms with Gasteiger partial charge in [-0.2, -0.15) is 10.2 Å². The summed E-state index contributed by atoms with van der Waals surface area (Å²) in [5.74, 6) is 0.00910. The normalized spacial score (nSPS) is 12.1. The molecule has 0 radical (unpaired) electrons. The SMILES string of the molecule is Cc1cc(C)n(C(C)CC(=O)NCCn2ncc(-c3ccccn3)c2-c2cccs2)n1. The molecule has 31 heavy (non-hydrogen) atoms. The van der Waals surface area contributed by atoms with Gasteiger partial charge >= 0.3 is 0 Å². The van der Waals surface area contributed by atoms with E-state index in [1.807, 2.05) is 66.7 Å². The number of amides is 1. The molecule has 1 N–H and O–H groups in total. The number of carbonyl (C=O) groups excluding carboxylic acids is 1. The minimum Gasteiger partial charge on any atom is -0.354 e. The molecule has 0 fully saturated rings. The fraction of sp³-hybridized carbons (Fsp3) is 0.304. The Morgan fingerprint density at radius 3 is 2.77 bits per heavy atom. The Kier molecular flexibility index (Phi) is 6.27. The monoisotopic (exact) mass is 434 g/mol. The highest BCUT2D eigenvalue weighted by Gasteiger charge is 2.17.